The Labute approximate surface area is 142 Å². The van der Waals surface area contributed by atoms with E-state index in [1.165, 1.54) is 24.1 Å². The number of benzene rings is 1. The van der Waals surface area contributed by atoms with Crippen molar-refractivity contribution in [1.29, 1.82) is 0 Å². The standard InChI is InChI=1S/C17H16N4O4/c1-25-17(24)12-9-21(8-11-14(12)19-20-16(11)23)13(15(18)22)7-10-5-3-2-4-6-10/h2-6,8-9,13H,7H2,1H3,(H2,18,22)(H,20,23)/t13-/m0/s1. The Morgan fingerprint density at radius 3 is 2.64 bits per heavy atom. The van der Waals surface area contributed by atoms with Crippen LogP contribution in [0.5, 0.6) is 0 Å². The highest BCUT2D eigenvalue weighted by Crippen LogP contribution is 2.24. The van der Waals surface area contributed by atoms with Gasteiger partial charge in [-0.2, -0.15) is 5.10 Å². The van der Waals surface area contributed by atoms with E-state index in [0.717, 1.165) is 5.56 Å². The number of nitrogens with zero attached hydrogens (tertiary/aromatic N) is 2. The number of nitrogens with one attached hydrogen (secondary N) is 1. The number of nitrogens with two attached hydrogens (primary N) is 1. The Kier molecular flexibility index (Phi) is 4.34. The van der Waals surface area contributed by atoms with Crippen molar-refractivity contribution in [2.45, 2.75) is 12.5 Å². The van der Waals surface area contributed by atoms with Gasteiger partial charge in [0.25, 0.3) is 5.56 Å². The van der Waals surface area contributed by atoms with E-state index >= 15 is 0 Å². The zero-order valence-electron chi connectivity index (χ0n) is 13.4. The Balaban J connectivity index is 2.12. The molecule has 0 radical (unpaired) electrons. The molecule has 25 heavy (non-hydrogen) atoms. The van der Waals surface area contributed by atoms with Gasteiger partial charge in [0, 0.05) is 18.8 Å². The van der Waals surface area contributed by atoms with Crippen LogP contribution in [-0.4, -0.2) is 33.8 Å². The topological polar surface area (TPSA) is 120 Å². The fraction of sp³-hybridized carbons (Fsp3) is 0.176. The van der Waals surface area contributed by atoms with Crippen LogP contribution >= 0.6 is 0 Å². The lowest BCUT2D eigenvalue weighted by molar-refractivity contribution is -0.121. The maximum absolute atomic E-state index is 12.0. The molecule has 0 aliphatic carbocycles. The fourth-order valence-electron chi connectivity index (χ4n) is 2.69. The van der Waals surface area contributed by atoms with E-state index < -0.39 is 23.5 Å². The number of primary amides is 1. The maximum atomic E-state index is 12.0. The molecule has 0 spiro atoms. The normalized spacial score (nSPS) is 12.0. The second-order valence-corrected chi connectivity index (χ2v) is 5.53. The molecule has 8 nitrogen and oxygen atoms in total. The molecule has 0 unspecified atom stereocenters. The highest BCUT2D eigenvalue weighted by molar-refractivity contribution is 5.96. The number of hydrogen-bond acceptors (Lipinski definition) is 5. The van der Waals surface area contributed by atoms with E-state index in [2.05, 4.69) is 10.2 Å². The van der Waals surface area contributed by atoms with Gasteiger partial charge in [-0.25, -0.2) is 9.89 Å². The van der Waals surface area contributed by atoms with Crippen LogP contribution in [0.2, 0.25) is 0 Å². The second-order valence-electron chi connectivity index (χ2n) is 5.53. The van der Waals surface area contributed by atoms with Crippen molar-refractivity contribution in [3.05, 3.63) is 64.2 Å². The van der Waals surface area contributed by atoms with Gasteiger partial charge in [-0.15, -0.1) is 0 Å². The van der Waals surface area contributed by atoms with E-state index in [-0.39, 0.29) is 16.8 Å². The summed E-state index contributed by atoms with van der Waals surface area (Å²) in [5, 5.41) is 6.15. The summed E-state index contributed by atoms with van der Waals surface area (Å²) in [7, 11) is 1.23. The van der Waals surface area contributed by atoms with Gasteiger partial charge in [0.2, 0.25) is 5.91 Å². The highest BCUT2D eigenvalue weighted by Gasteiger charge is 2.26. The zero-order chi connectivity index (χ0) is 18.0. The van der Waals surface area contributed by atoms with Crippen LogP contribution in [0, 0.1) is 0 Å². The molecule has 3 rings (SSSR count). The van der Waals surface area contributed by atoms with Gasteiger partial charge in [-0.3, -0.25) is 9.59 Å². The van der Waals surface area contributed by atoms with E-state index in [1.54, 1.807) is 0 Å². The van der Waals surface area contributed by atoms with Gasteiger partial charge in [0.05, 0.1) is 12.7 Å². The third kappa shape index (κ3) is 3.14. The van der Waals surface area contributed by atoms with E-state index in [4.69, 9.17) is 10.5 Å². The molecule has 8 heteroatoms. The van der Waals surface area contributed by atoms with Gasteiger partial charge in [0.15, 0.2) is 0 Å². The van der Waals surface area contributed by atoms with Crippen LogP contribution < -0.4 is 11.3 Å². The summed E-state index contributed by atoms with van der Waals surface area (Å²) in [6.45, 7) is 0. The number of aromatic amines is 1. The monoisotopic (exact) mass is 340 g/mol. The Hall–Kier alpha value is -3.42. The third-order valence-corrected chi connectivity index (χ3v) is 3.95. The number of rotatable bonds is 5. The number of esters is 1. The van der Waals surface area contributed by atoms with Gasteiger partial charge in [-0.05, 0) is 5.56 Å². The van der Waals surface area contributed by atoms with Crippen molar-refractivity contribution in [3.8, 4) is 11.3 Å². The highest BCUT2D eigenvalue weighted by atomic mass is 16.5. The van der Waals surface area contributed by atoms with Crippen molar-refractivity contribution >= 4 is 11.9 Å². The van der Waals surface area contributed by atoms with Gasteiger partial charge in [0.1, 0.15) is 17.3 Å². The first-order chi connectivity index (χ1) is 12.0. The van der Waals surface area contributed by atoms with Gasteiger partial charge >= 0.3 is 5.97 Å². The molecule has 0 saturated carbocycles. The second kappa shape index (κ2) is 6.60. The van der Waals surface area contributed by atoms with E-state index in [9.17, 15) is 14.4 Å². The first-order valence-corrected chi connectivity index (χ1v) is 7.52. The molecule has 2 aliphatic heterocycles. The number of pyridine rings is 1. The van der Waals surface area contributed by atoms with E-state index in [1.807, 2.05) is 30.3 Å². The Bertz CT molecular complexity index is 945. The molecule has 1 atom stereocenters. The first kappa shape index (κ1) is 16.4. The maximum Gasteiger partial charge on any atom is 0.341 e. The molecular formula is C17H16N4O4. The average molecular weight is 340 g/mol. The lowest BCUT2D eigenvalue weighted by atomic mass is 10.0. The summed E-state index contributed by atoms with van der Waals surface area (Å²) in [5.41, 5.74) is 6.45. The molecule has 128 valence electrons. The van der Waals surface area contributed by atoms with Crippen LogP contribution in [0.1, 0.15) is 22.0 Å². The molecule has 0 bridgehead atoms. The summed E-state index contributed by atoms with van der Waals surface area (Å²) in [4.78, 5) is 36.0. The third-order valence-electron chi connectivity index (χ3n) is 3.95. The van der Waals surface area contributed by atoms with Crippen molar-refractivity contribution in [3.63, 3.8) is 0 Å². The van der Waals surface area contributed by atoms with Gasteiger partial charge in [-0.1, -0.05) is 30.3 Å². The molecule has 1 aromatic rings. The minimum atomic E-state index is -0.774. The average Bonchev–Trinajstić information content (AvgIpc) is 3.00. The summed E-state index contributed by atoms with van der Waals surface area (Å²) >= 11 is 0. The molecule has 1 aromatic carbocycles. The van der Waals surface area contributed by atoms with Crippen LogP contribution in [-0.2, 0) is 16.0 Å². The SMILES string of the molecule is COC(=O)c1cn([C@@H](Cc2ccccc2)C(N)=O)cc2c(=O)[nH]nc1-2. The predicted molar refractivity (Wildman–Crippen MR) is 89.2 cm³/mol. The minimum Gasteiger partial charge on any atom is -0.465 e. The molecule has 2 heterocycles. The van der Waals surface area contributed by atoms with Crippen LogP contribution in [0.3, 0.4) is 0 Å². The van der Waals surface area contributed by atoms with Crippen LogP contribution in [0.25, 0.3) is 11.3 Å². The number of ether oxygens (including phenoxy) is 1. The molecule has 0 saturated heterocycles. The number of aromatic nitrogens is 3. The Morgan fingerprint density at radius 2 is 2.00 bits per heavy atom. The number of methoxy groups -OCH3 is 1. The molecule has 0 fully saturated rings. The number of carbonyl (C=O) groups is 2. The molecule has 2 aliphatic rings. The molecular weight excluding hydrogens is 324 g/mol. The smallest absolute Gasteiger partial charge is 0.341 e. The van der Waals surface area contributed by atoms with Crippen molar-refractivity contribution < 1.29 is 14.3 Å². The summed E-state index contributed by atoms with van der Waals surface area (Å²) in [6.07, 6.45) is 3.21. The van der Waals surface area contributed by atoms with E-state index in [0.29, 0.717) is 6.42 Å². The Morgan fingerprint density at radius 1 is 1.28 bits per heavy atom. The predicted octanol–water partition coefficient (Wildman–Crippen LogP) is 0.732. The minimum absolute atomic E-state index is 0.0812. The summed E-state index contributed by atoms with van der Waals surface area (Å²) < 4.78 is 6.20. The van der Waals surface area contributed by atoms with Crippen LogP contribution in [0.15, 0.2) is 47.5 Å². The number of carbonyl (C=O) groups excluding carboxylic acids is 2. The number of amides is 1. The summed E-state index contributed by atoms with van der Waals surface area (Å²) in [5.74, 6) is -1.24. The van der Waals surface area contributed by atoms with Crippen molar-refractivity contribution in [2.75, 3.05) is 7.11 Å². The molecule has 3 N–H and O–H groups in total. The quantitative estimate of drug-likeness (QED) is 0.664. The molecule has 0 aromatic heterocycles. The summed E-state index contributed by atoms with van der Waals surface area (Å²) in [6, 6.07) is 8.54. The largest absolute Gasteiger partial charge is 0.465 e. The number of fused-ring (bicyclic) bond motifs is 1. The van der Waals surface area contributed by atoms with Crippen LogP contribution in [0.4, 0.5) is 0 Å². The number of H-pyrrole nitrogens is 1. The first-order valence-electron chi connectivity index (χ1n) is 7.52. The fourth-order valence-corrected chi connectivity index (χ4v) is 2.69. The zero-order valence-corrected chi connectivity index (χ0v) is 13.4. The lowest BCUT2D eigenvalue weighted by Gasteiger charge is -2.19. The van der Waals surface area contributed by atoms with Crippen molar-refractivity contribution in [1.82, 2.24) is 14.8 Å². The van der Waals surface area contributed by atoms with Gasteiger partial charge < -0.3 is 15.0 Å². The number of hydrogen-bond donors (Lipinski definition) is 2. The molecule has 1 amide bonds. The lowest BCUT2D eigenvalue weighted by Crippen LogP contribution is -2.29. The van der Waals surface area contributed by atoms with Crippen molar-refractivity contribution in [2.24, 2.45) is 5.73 Å².